The molecule has 0 saturated carbocycles. The molecule has 0 amide bonds. The standard InChI is InChI=1S/C11H12N2O2/c14-11(15)7-9-3-1-2-4-10(9)13-6-5-12-8-13/h1-4,8H,5-7H2,(H,14,15). The molecule has 0 aromatic heterocycles. The maximum absolute atomic E-state index is 10.7. The highest BCUT2D eigenvalue weighted by Gasteiger charge is 2.13. The molecule has 0 atom stereocenters. The second-order valence-corrected chi connectivity index (χ2v) is 3.41. The summed E-state index contributed by atoms with van der Waals surface area (Å²) in [7, 11) is 0. The molecule has 0 aliphatic carbocycles. The van der Waals surface area contributed by atoms with Gasteiger partial charge in [-0.25, -0.2) is 0 Å². The summed E-state index contributed by atoms with van der Waals surface area (Å²) >= 11 is 0. The summed E-state index contributed by atoms with van der Waals surface area (Å²) < 4.78 is 0. The van der Waals surface area contributed by atoms with Crippen LogP contribution in [0.2, 0.25) is 0 Å². The number of benzene rings is 1. The molecule has 1 aliphatic heterocycles. The molecule has 0 bridgehead atoms. The topological polar surface area (TPSA) is 52.9 Å². The fraction of sp³-hybridized carbons (Fsp3) is 0.273. The molecule has 1 heterocycles. The van der Waals surface area contributed by atoms with Crippen LogP contribution in [0.25, 0.3) is 0 Å². The molecule has 78 valence electrons. The smallest absolute Gasteiger partial charge is 0.307 e. The fourth-order valence-electron chi connectivity index (χ4n) is 1.67. The molecule has 0 fully saturated rings. The number of nitrogens with zero attached hydrogens (tertiary/aromatic N) is 2. The van der Waals surface area contributed by atoms with Crippen LogP contribution in [0.15, 0.2) is 29.3 Å². The van der Waals surface area contributed by atoms with E-state index >= 15 is 0 Å². The van der Waals surface area contributed by atoms with Crippen LogP contribution in [-0.4, -0.2) is 30.5 Å². The molecule has 1 N–H and O–H groups in total. The van der Waals surface area contributed by atoms with Crippen molar-refractivity contribution >= 4 is 18.0 Å². The third-order valence-corrected chi connectivity index (χ3v) is 2.33. The lowest BCUT2D eigenvalue weighted by Crippen LogP contribution is -2.20. The van der Waals surface area contributed by atoms with E-state index in [1.54, 1.807) is 6.34 Å². The number of carbonyl (C=O) groups is 1. The quantitative estimate of drug-likeness (QED) is 0.803. The van der Waals surface area contributed by atoms with Gasteiger partial charge in [0, 0.05) is 12.2 Å². The van der Waals surface area contributed by atoms with E-state index in [9.17, 15) is 4.79 Å². The second-order valence-electron chi connectivity index (χ2n) is 3.41. The van der Waals surface area contributed by atoms with Crippen LogP contribution in [0.4, 0.5) is 5.69 Å². The average Bonchev–Trinajstić information content (AvgIpc) is 2.70. The van der Waals surface area contributed by atoms with Gasteiger partial charge in [0.05, 0.1) is 19.3 Å². The van der Waals surface area contributed by atoms with Crippen molar-refractivity contribution in [2.45, 2.75) is 6.42 Å². The second kappa shape index (κ2) is 4.13. The highest BCUT2D eigenvalue weighted by atomic mass is 16.4. The molecule has 0 radical (unpaired) electrons. The van der Waals surface area contributed by atoms with Crippen LogP contribution in [0.1, 0.15) is 5.56 Å². The number of carboxylic acid groups (broad SMARTS) is 1. The molecule has 4 nitrogen and oxygen atoms in total. The lowest BCUT2D eigenvalue weighted by molar-refractivity contribution is -0.136. The number of carboxylic acids is 1. The lowest BCUT2D eigenvalue weighted by atomic mass is 10.1. The van der Waals surface area contributed by atoms with E-state index in [0.29, 0.717) is 0 Å². The maximum Gasteiger partial charge on any atom is 0.307 e. The van der Waals surface area contributed by atoms with Crippen LogP contribution < -0.4 is 4.90 Å². The molecule has 0 unspecified atom stereocenters. The molecule has 4 heteroatoms. The summed E-state index contributed by atoms with van der Waals surface area (Å²) in [4.78, 5) is 16.8. The minimum atomic E-state index is -0.807. The first-order chi connectivity index (χ1) is 7.27. The lowest BCUT2D eigenvalue weighted by Gasteiger charge is -2.17. The number of aliphatic carboxylic acids is 1. The molecular formula is C11H12N2O2. The first-order valence-electron chi connectivity index (χ1n) is 4.83. The first kappa shape index (κ1) is 9.71. The molecule has 2 rings (SSSR count). The van der Waals surface area contributed by atoms with Crippen LogP contribution in [0.5, 0.6) is 0 Å². The Morgan fingerprint density at radius 2 is 2.27 bits per heavy atom. The van der Waals surface area contributed by atoms with Crippen LogP contribution in [0, 0.1) is 0 Å². The zero-order valence-electron chi connectivity index (χ0n) is 8.26. The van der Waals surface area contributed by atoms with Gasteiger partial charge >= 0.3 is 5.97 Å². The summed E-state index contributed by atoms with van der Waals surface area (Å²) in [6.45, 7) is 1.61. The average molecular weight is 204 g/mol. The van der Waals surface area contributed by atoms with Gasteiger partial charge in [0.15, 0.2) is 0 Å². The van der Waals surface area contributed by atoms with Crippen LogP contribution in [0.3, 0.4) is 0 Å². The number of hydrogen-bond donors (Lipinski definition) is 1. The third-order valence-electron chi connectivity index (χ3n) is 2.33. The Labute approximate surface area is 87.9 Å². The Balaban J connectivity index is 2.28. The zero-order chi connectivity index (χ0) is 10.7. The van der Waals surface area contributed by atoms with E-state index in [4.69, 9.17) is 5.11 Å². The van der Waals surface area contributed by atoms with Crippen molar-refractivity contribution in [1.82, 2.24) is 0 Å². The van der Waals surface area contributed by atoms with Crippen molar-refractivity contribution in [2.24, 2.45) is 4.99 Å². The Morgan fingerprint density at radius 1 is 1.47 bits per heavy atom. The van der Waals surface area contributed by atoms with Crippen LogP contribution >= 0.6 is 0 Å². The predicted molar refractivity (Wildman–Crippen MR) is 58.5 cm³/mol. The highest BCUT2D eigenvalue weighted by molar-refractivity contribution is 5.84. The van der Waals surface area contributed by atoms with Gasteiger partial charge in [-0.2, -0.15) is 0 Å². The van der Waals surface area contributed by atoms with Crippen molar-refractivity contribution in [3.8, 4) is 0 Å². The van der Waals surface area contributed by atoms with Crippen molar-refractivity contribution in [2.75, 3.05) is 18.0 Å². The predicted octanol–water partition coefficient (Wildman–Crippen LogP) is 1.16. The number of rotatable bonds is 3. The maximum atomic E-state index is 10.7. The minimum absolute atomic E-state index is 0.0561. The van der Waals surface area contributed by atoms with E-state index in [0.717, 1.165) is 24.3 Å². The molecule has 1 aliphatic rings. The van der Waals surface area contributed by atoms with Crippen molar-refractivity contribution < 1.29 is 9.90 Å². The van der Waals surface area contributed by atoms with E-state index in [1.807, 2.05) is 29.2 Å². The van der Waals surface area contributed by atoms with Crippen molar-refractivity contribution in [3.05, 3.63) is 29.8 Å². The van der Waals surface area contributed by atoms with E-state index in [-0.39, 0.29) is 6.42 Å². The summed E-state index contributed by atoms with van der Waals surface area (Å²) in [6.07, 6.45) is 1.82. The fourth-order valence-corrected chi connectivity index (χ4v) is 1.67. The van der Waals surface area contributed by atoms with E-state index in [2.05, 4.69) is 4.99 Å². The zero-order valence-corrected chi connectivity index (χ0v) is 8.26. The molecule has 0 saturated heterocycles. The summed E-state index contributed by atoms with van der Waals surface area (Å²) in [5.74, 6) is -0.807. The minimum Gasteiger partial charge on any atom is -0.481 e. The number of aliphatic imine (C=N–C) groups is 1. The molecule has 1 aromatic carbocycles. The van der Waals surface area contributed by atoms with E-state index < -0.39 is 5.97 Å². The monoisotopic (exact) mass is 204 g/mol. The van der Waals surface area contributed by atoms with Gasteiger partial charge in [0.1, 0.15) is 0 Å². The molecule has 1 aromatic rings. The Kier molecular flexibility index (Phi) is 2.67. The van der Waals surface area contributed by atoms with Crippen LogP contribution in [-0.2, 0) is 11.2 Å². The van der Waals surface area contributed by atoms with Gasteiger partial charge in [-0.05, 0) is 11.6 Å². The SMILES string of the molecule is O=C(O)Cc1ccccc1N1C=NCC1. The largest absolute Gasteiger partial charge is 0.481 e. The normalized spacial score (nSPS) is 14.5. The van der Waals surface area contributed by atoms with Gasteiger partial charge < -0.3 is 10.0 Å². The summed E-state index contributed by atoms with van der Waals surface area (Å²) in [6, 6.07) is 7.53. The molecular weight excluding hydrogens is 192 g/mol. The third kappa shape index (κ3) is 2.15. The summed E-state index contributed by atoms with van der Waals surface area (Å²) in [5, 5.41) is 8.78. The molecule has 0 spiro atoms. The number of hydrogen-bond acceptors (Lipinski definition) is 3. The van der Waals surface area contributed by atoms with Gasteiger partial charge in [-0.1, -0.05) is 18.2 Å². The highest BCUT2D eigenvalue weighted by Crippen LogP contribution is 2.21. The van der Waals surface area contributed by atoms with Crippen molar-refractivity contribution in [1.29, 1.82) is 0 Å². The Hall–Kier alpha value is -1.84. The van der Waals surface area contributed by atoms with Gasteiger partial charge in [0.25, 0.3) is 0 Å². The molecule has 15 heavy (non-hydrogen) atoms. The van der Waals surface area contributed by atoms with E-state index in [1.165, 1.54) is 0 Å². The number of anilines is 1. The van der Waals surface area contributed by atoms with Gasteiger partial charge in [-0.15, -0.1) is 0 Å². The summed E-state index contributed by atoms with van der Waals surface area (Å²) in [5.41, 5.74) is 1.78. The van der Waals surface area contributed by atoms with Gasteiger partial charge in [-0.3, -0.25) is 9.79 Å². The Bertz CT molecular complexity index is 401. The number of para-hydroxylation sites is 1. The van der Waals surface area contributed by atoms with Gasteiger partial charge in [0.2, 0.25) is 0 Å². The first-order valence-corrected chi connectivity index (χ1v) is 4.83. The van der Waals surface area contributed by atoms with Crippen molar-refractivity contribution in [3.63, 3.8) is 0 Å². The Morgan fingerprint density at radius 3 is 2.93 bits per heavy atom.